The molecule has 0 bridgehead atoms. The van der Waals surface area contributed by atoms with Crippen molar-refractivity contribution in [2.45, 2.75) is 32.0 Å². The molecule has 31 heavy (non-hydrogen) atoms. The minimum atomic E-state index is 0. The molecule has 4 rings (SSSR count). The third-order valence-corrected chi connectivity index (χ3v) is 5.55. The fourth-order valence-electron chi connectivity index (χ4n) is 3.95. The number of furan rings is 1. The monoisotopic (exact) mass is 534 g/mol. The van der Waals surface area contributed by atoms with E-state index in [-0.39, 0.29) is 30.0 Å². The molecule has 1 unspecified atom stereocenters. The van der Waals surface area contributed by atoms with E-state index in [9.17, 15) is 0 Å². The summed E-state index contributed by atoms with van der Waals surface area (Å²) in [6.45, 7) is 4.37. The van der Waals surface area contributed by atoms with Gasteiger partial charge in [0.2, 0.25) is 0 Å². The van der Waals surface area contributed by atoms with Crippen LogP contribution in [-0.4, -0.2) is 47.1 Å². The van der Waals surface area contributed by atoms with Gasteiger partial charge < -0.3 is 19.6 Å². The fourth-order valence-corrected chi connectivity index (χ4v) is 3.95. The van der Waals surface area contributed by atoms with E-state index in [0.717, 1.165) is 43.7 Å². The second-order valence-corrected chi connectivity index (χ2v) is 7.54. The van der Waals surface area contributed by atoms with Gasteiger partial charge >= 0.3 is 0 Å². The molecule has 1 aliphatic rings. The van der Waals surface area contributed by atoms with Gasteiger partial charge in [-0.25, -0.2) is 4.98 Å². The number of hydrogen-bond donors (Lipinski definition) is 2. The largest absolute Gasteiger partial charge is 0.468 e. The SMILES string of the molecule is CN=C(NCc1nccn1Cc1ccccc1)NCC(c1ccco1)N1CCCC1.I. The van der Waals surface area contributed by atoms with Crippen molar-refractivity contribution in [3.05, 3.63) is 78.3 Å². The molecular formula is C23H31IN6O. The molecule has 166 valence electrons. The Morgan fingerprint density at radius 3 is 2.65 bits per heavy atom. The first-order valence-electron chi connectivity index (χ1n) is 10.6. The first kappa shape index (κ1) is 23.3. The number of rotatable bonds is 8. The van der Waals surface area contributed by atoms with Gasteiger partial charge in [0, 0.05) is 32.5 Å². The minimum absolute atomic E-state index is 0. The molecule has 1 saturated heterocycles. The lowest BCUT2D eigenvalue weighted by Crippen LogP contribution is -2.42. The Labute approximate surface area is 201 Å². The average molecular weight is 534 g/mol. The highest BCUT2D eigenvalue weighted by molar-refractivity contribution is 14.0. The summed E-state index contributed by atoms with van der Waals surface area (Å²) < 4.78 is 7.87. The summed E-state index contributed by atoms with van der Waals surface area (Å²) in [6, 6.07) is 14.6. The number of benzene rings is 1. The highest BCUT2D eigenvalue weighted by atomic mass is 127. The number of imidazole rings is 1. The van der Waals surface area contributed by atoms with Crippen LogP contribution in [0.2, 0.25) is 0 Å². The average Bonchev–Trinajstić information content (AvgIpc) is 3.55. The van der Waals surface area contributed by atoms with Gasteiger partial charge in [0.25, 0.3) is 0 Å². The number of hydrogen-bond acceptors (Lipinski definition) is 4. The van der Waals surface area contributed by atoms with Crippen LogP contribution in [0.15, 0.2) is 70.5 Å². The van der Waals surface area contributed by atoms with Gasteiger partial charge in [0.1, 0.15) is 11.6 Å². The van der Waals surface area contributed by atoms with E-state index >= 15 is 0 Å². The highest BCUT2D eigenvalue weighted by Gasteiger charge is 2.25. The first-order chi connectivity index (χ1) is 14.8. The number of nitrogens with zero attached hydrogens (tertiary/aromatic N) is 4. The summed E-state index contributed by atoms with van der Waals surface area (Å²) in [7, 11) is 1.80. The molecule has 0 amide bonds. The molecular weight excluding hydrogens is 503 g/mol. The zero-order valence-corrected chi connectivity index (χ0v) is 20.2. The number of likely N-dealkylation sites (tertiary alicyclic amines) is 1. The number of aromatic nitrogens is 2. The molecule has 3 aromatic rings. The van der Waals surface area contributed by atoms with Crippen molar-refractivity contribution in [1.29, 1.82) is 0 Å². The molecule has 0 spiro atoms. The lowest BCUT2D eigenvalue weighted by atomic mass is 10.2. The molecule has 2 N–H and O–H groups in total. The molecule has 1 atom stereocenters. The van der Waals surface area contributed by atoms with Crippen molar-refractivity contribution < 1.29 is 4.42 Å². The maximum atomic E-state index is 5.71. The van der Waals surface area contributed by atoms with Crippen molar-refractivity contribution >= 4 is 29.9 Å². The van der Waals surface area contributed by atoms with Gasteiger partial charge in [-0.05, 0) is 43.6 Å². The minimum Gasteiger partial charge on any atom is -0.468 e. The van der Waals surface area contributed by atoms with Crippen LogP contribution in [0.5, 0.6) is 0 Å². The molecule has 1 aromatic carbocycles. The Morgan fingerprint density at radius 2 is 1.94 bits per heavy atom. The lowest BCUT2D eigenvalue weighted by molar-refractivity contribution is 0.215. The number of aliphatic imine (C=N–C) groups is 1. The molecule has 0 saturated carbocycles. The van der Waals surface area contributed by atoms with Crippen LogP contribution < -0.4 is 10.6 Å². The summed E-state index contributed by atoms with van der Waals surface area (Å²) in [5.41, 5.74) is 1.26. The van der Waals surface area contributed by atoms with Gasteiger partial charge in [-0.15, -0.1) is 24.0 Å². The van der Waals surface area contributed by atoms with E-state index < -0.39 is 0 Å². The van der Waals surface area contributed by atoms with Crippen LogP contribution in [0.25, 0.3) is 0 Å². The molecule has 3 heterocycles. The predicted molar refractivity (Wildman–Crippen MR) is 134 cm³/mol. The molecule has 2 aromatic heterocycles. The van der Waals surface area contributed by atoms with Crippen LogP contribution in [0.4, 0.5) is 0 Å². The smallest absolute Gasteiger partial charge is 0.191 e. The van der Waals surface area contributed by atoms with Gasteiger partial charge in [0.05, 0.1) is 18.8 Å². The van der Waals surface area contributed by atoms with Gasteiger partial charge in [0.15, 0.2) is 5.96 Å². The van der Waals surface area contributed by atoms with Gasteiger partial charge in [-0.3, -0.25) is 9.89 Å². The predicted octanol–water partition coefficient (Wildman–Crippen LogP) is 3.64. The van der Waals surface area contributed by atoms with E-state index in [1.54, 1.807) is 13.3 Å². The van der Waals surface area contributed by atoms with Crippen LogP contribution in [-0.2, 0) is 13.1 Å². The zero-order chi connectivity index (χ0) is 20.6. The summed E-state index contributed by atoms with van der Waals surface area (Å²) in [4.78, 5) is 11.4. The van der Waals surface area contributed by atoms with Crippen molar-refractivity contribution in [1.82, 2.24) is 25.1 Å². The maximum Gasteiger partial charge on any atom is 0.191 e. The van der Waals surface area contributed by atoms with Crippen LogP contribution >= 0.6 is 24.0 Å². The van der Waals surface area contributed by atoms with Gasteiger partial charge in [-0.2, -0.15) is 0 Å². The van der Waals surface area contributed by atoms with E-state index in [1.807, 2.05) is 24.5 Å². The summed E-state index contributed by atoms with van der Waals surface area (Å²) in [6.07, 6.45) is 8.09. The Kier molecular flexibility index (Phi) is 8.96. The fraction of sp³-hybridized carbons (Fsp3) is 0.391. The number of halogens is 1. The lowest BCUT2D eigenvalue weighted by Gasteiger charge is -2.26. The van der Waals surface area contributed by atoms with Crippen LogP contribution in [0.3, 0.4) is 0 Å². The molecule has 1 aliphatic heterocycles. The zero-order valence-electron chi connectivity index (χ0n) is 17.9. The Balaban J connectivity index is 0.00000272. The van der Waals surface area contributed by atoms with E-state index in [4.69, 9.17) is 4.42 Å². The van der Waals surface area contributed by atoms with E-state index in [0.29, 0.717) is 6.54 Å². The first-order valence-corrected chi connectivity index (χ1v) is 10.6. The quantitative estimate of drug-likeness (QED) is 0.263. The Morgan fingerprint density at radius 1 is 1.13 bits per heavy atom. The van der Waals surface area contributed by atoms with Crippen molar-refractivity contribution in [2.24, 2.45) is 4.99 Å². The van der Waals surface area contributed by atoms with Crippen LogP contribution in [0, 0.1) is 0 Å². The van der Waals surface area contributed by atoms with Crippen molar-refractivity contribution in [2.75, 3.05) is 26.7 Å². The highest BCUT2D eigenvalue weighted by Crippen LogP contribution is 2.24. The molecule has 0 aliphatic carbocycles. The summed E-state index contributed by atoms with van der Waals surface area (Å²) >= 11 is 0. The van der Waals surface area contributed by atoms with E-state index in [2.05, 4.69) is 60.4 Å². The van der Waals surface area contributed by atoms with E-state index in [1.165, 1.54) is 18.4 Å². The number of guanidine groups is 1. The third-order valence-electron chi connectivity index (χ3n) is 5.55. The second kappa shape index (κ2) is 11.9. The van der Waals surface area contributed by atoms with Crippen molar-refractivity contribution in [3.63, 3.8) is 0 Å². The normalized spacial score (nSPS) is 15.5. The topological polar surface area (TPSA) is 70.6 Å². The van der Waals surface area contributed by atoms with Crippen molar-refractivity contribution in [3.8, 4) is 0 Å². The number of nitrogens with one attached hydrogen (secondary N) is 2. The maximum absolute atomic E-state index is 5.71. The second-order valence-electron chi connectivity index (χ2n) is 7.54. The molecule has 1 fully saturated rings. The Hall–Kier alpha value is -2.33. The van der Waals surface area contributed by atoms with Crippen LogP contribution in [0.1, 0.15) is 36.0 Å². The molecule has 7 nitrogen and oxygen atoms in total. The molecule has 0 radical (unpaired) electrons. The standard InChI is InChI=1S/C23H30N6O.HI/c1-24-23(26-16-20(21-10-7-15-30-21)28-12-5-6-13-28)27-17-22-25-11-14-29(22)18-19-8-3-2-4-9-19;/h2-4,7-11,14-15,20H,5-6,12-13,16-18H2,1H3,(H2,24,26,27);1H. The Bertz CT molecular complexity index is 919. The molecule has 8 heteroatoms. The van der Waals surface area contributed by atoms with Gasteiger partial charge in [-0.1, -0.05) is 30.3 Å². The summed E-state index contributed by atoms with van der Waals surface area (Å²) in [5, 5.41) is 6.86. The summed E-state index contributed by atoms with van der Waals surface area (Å²) in [5.74, 6) is 2.74. The third kappa shape index (κ3) is 6.33.